The summed E-state index contributed by atoms with van der Waals surface area (Å²) in [5, 5.41) is 10.5. The maximum Gasteiger partial charge on any atom is 0.337 e. The Morgan fingerprint density at radius 1 is 0.489 bits per heavy atom. The minimum atomic E-state index is -0.393. The first-order chi connectivity index (χ1) is 21.7. The molecule has 9 heteroatoms. The van der Waals surface area contributed by atoms with Crippen LogP contribution in [0, 0.1) is 20.8 Å². The number of rotatable bonds is 12. The van der Waals surface area contributed by atoms with Crippen LogP contribution in [0.5, 0.6) is 0 Å². The largest absolute Gasteiger partial charge is 0.465 e. The number of ether oxygens (including phenoxy) is 3. The Kier molecular flexibility index (Phi) is 10.8. The molecule has 0 unspecified atom stereocenters. The Morgan fingerprint density at radius 2 is 0.756 bits per heavy atom. The van der Waals surface area contributed by atoms with Crippen LogP contribution in [-0.2, 0) is 33.8 Å². The highest BCUT2D eigenvalue weighted by Gasteiger charge is 2.18. The molecule has 4 aromatic rings. The first-order valence-corrected chi connectivity index (χ1v) is 14.5. The molecule has 0 aliphatic rings. The van der Waals surface area contributed by atoms with Crippen molar-refractivity contribution < 1.29 is 28.6 Å². The summed E-state index contributed by atoms with van der Waals surface area (Å²) < 4.78 is 14.7. The van der Waals surface area contributed by atoms with Crippen molar-refractivity contribution in [3.63, 3.8) is 0 Å². The third kappa shape index (κ3) is 7.80. The maximum absolute atomic E-state index is 12.1. The van der Waals surface area contributed by atoms with Crippen LogP contribution >= 0.6 is 0 Å². The number of carbonyl (C=O) groups is 3. The quantitative estimate of drug-likeness (QED) is 0.118. The normalized spacial score (nSPS) is 10.5. The van der Waals surface area contributed by atoms with Gasteiger partial charge < -0.3 is 30.2 Å². The molecular weight excluding hydrogens is 570 g/mol. The predicted octanol–water partition coefficient (Wildman–Crippen LogP) is 6.81. The molecule has 0 radical (unpaired) electrons. The molecule has 0 aliphatic carbocycles. The van der Waals surface area contributed by atoms with E-state index in [1.54, 1.807) is 36.4 Å². The third-order valence-corrected chi connectivity index (χ3v) is 7.97. The van der Waals surface area contributed by atoms with E-state index in [0.29, 0.717) is 36.3 Å². The van der Waals surface area contributed by atoms with Gasteiger partial charge in [0, 0.05) is 36.7 Å². The zero-order valence-corrected chi connectivity index (χ0v) is 26.5. The van der Waals surface area contributed by atoms with Gasteiger partial charge in [0.15, 0.2) is 0 Å². The molecule has 4 rings (SSSR count). The van der Waals surface area contributed by atoms with E-state index in [9.17, 15) is 14.4 Å². The number of benzene rings is 4. The molecule has 0 saturated heterocycles. The van der Waals surface area contributed by atoms with Gasteiger partial charge in [-0.2, -0.15) is 0 Å². The lowest BCUT2D eigenvalue weighted by Crippen LogP contribution is -2.15. The van der Waals surface area contributed by atoms with E-state index in [2.05, 4.69) is 36.7 Å². The molecule has 0 atom stereocenters. The van der Waals surface area contributed by atoms with E-state index in [-0.39, 0.29) is 0 Å². The van der Waals surface area contributed by atoms with Crippen LogP contribution in [0.25, 0.3) is 0 Å². The zero-order chi connectivity index (χ0) is 32.5. The molecule has 0 fully saturated rings. The molecule has 9 nitrogen and oxygen atoms in total. The molecule has 3 N–H and O–H groups in total. The van der Waals surface area contributed by atoms with Gasteiger partial charge in [0.1, 0.15) is 0 Å². The Balaban J connectivity index is 1.67. The number of nitrogens with one attached hydrogen (secondary N) is 3. The zero-order valence-electron chi connectivity index (χ0n) is 26.5. The van der Waals surface area contributed by atoms with Crippen molar-refractivity contribution in [1.29, 1.82) is 0 Å². The second-order valence-electron chi connectivity index (χ2n) is 10.6. The standard InChI is InChI=1S/C36H39N3O6/c1-22-31(19-37-28-13-7-10-25(16-28)34(40)43-4)23(2)33(21-39-30-15-9-12-27(18-30)36(42)45-6)24(3)32(22)20-38-29-14-8-11-26(17-29)35(41)44-5/h7-18,37-39H,19-21H2,1-6H3. The SMILES string of the molecule is COC(=O)c1cccc(NCc2c(C)c(CNc3cccc(C(=O)OC)c3)c(C)c(CNc3cccc(C(=O)OC)c3)c2C)c1. The van der Waals surface area contributed by atoms with Crippen LogP contribution in [0.4, 0.5) is 17.1 Å². The minimum Gasteiger partial charge on any atom is -0.465 e. The van der Waals surface area contributed by atoms with Gasteiger partial charge in [-0.05, 0) is 109 Å². The van der Waals surface area contributed by atoms with Crippen LogP contribution in [-0.4, -0.2) is 39.2 Å². The lowest BCUT2D eigenvalue weighted by Gasteiger charge is -2.24. The van der Waals surface area contributed by atoms with Crippen molar-refractivity contribution in [2.45, 2.75) is 40.4 Å². The molecule has 234 valence electrons. The summed E-state index contributed by atoms with van der Waals surface area (Å²) in [4.78, 5) is 36.3. The summed E-state index contributed by atoms with van der Waals surface area (Å²) in [5.74, 6) is -1.18. The van der Waals surface area contributed by atoms with E-state index >= 15 is 0 Å². The minimum absolute atomic E-state index is 0.393. The van der Waals surface area contributed by atoms with E-state index in [1.165, 1.54) is 21.3 Å². The highest BCUT2D eigenvalue weighted by atomic mass is 16.5. The molecule has 4 aromatic carbocycles. The Morgan fingerprint density at radius 3 is 1.00 bits per heavy atom. The number of anilines is 3. The monoisotopic (exact) mass is 609 g/mol. The smallest absolute Gasteiger partial charge is 0.337 e. The maximum atomic E-state index is 12.1. The molecular formula is C36H39N3O6. The highest BCUT2D eigenvalue weighted by Crippen LogP contribution is 2.30. The molecule has 0 aliphatic heterocycles. The van der Waals surface area contributed by atoms with Crippen LogP contribution in [0.1, 0.15) is 64.5 Å². The summed E-state index contributed by atoms with van der Waals surface area (Å²) >= 11 is 0. The molecule has 0 amide bonds. The van der Waals surface area contributed by atoms with Crippen molar-refractivity contribution >= 4 is 35.0 Å². The number of hydrogen-bond acceptors (Lipinski definition) is 9. The van der Waals surface area contributed by atoms with Crippen LogP contribution in [0.15, 0.2) is 72.8 Å². The number of hydrogen-bond donors (Lipinski definition) is 3. The van der Waals surface area contributed by atoms with Crippen molar-refractivity contribution in [1.82, 2.24) is 0 Å². The van der Waals surface area contributed by atoms with E-state index in [4.69, 9.17) is 14.2 Å². The Bertz CT molecular complexity index is 1500. The van der Waals surface area contributed by atoms with Gasteiger partial charge in [-0.3, -0.25) is 0 Å². The third-order valence-electron chi connectivity index (χ3n) is 7.97. The van der Waals surface area contributed by atoms with Crippen LogP contribution < -0.4 is 16.0 Å². The van der Waals surface area contributed by atoms with Gasteiger partial charge in [-0.1, -0.05) is 18.2 Å². The van der Waals surface area contributed by atoms with Crippen molar-refractivity contribution in [3.05, 3.63) is 123 Å². The average Bonchev–Trinajstić information content (AvgIpc) is 3.07. The van der Waals surface area contributed by atoms with Crippen LogP contribution in [0.2, 0.25) is 0 Å². The van der Waals surface area contributed by atoms with Gasteiger partial charge in [-0.25, -0.2) is 14.4 Å². The molecule has 0 bridgehead atoms. The predicted molar refractivity (Wildman–Crippen MR) is 176 cm³/mol. The molecule has 0 saturated carbocycles. The van der Waals surface area contributed by atoms with Gasteiger partial charge >= 0.3 is 17.9 Å². The van der Waals surface area contributed by atoms with Crippen molar-refractivity contribution in [2.75, 3.05) is 37.3 Å². The summed E-state index contributed by atoms with van der Waals surface area (Å²) in [6.45, 7) is 7.91. The summed E-state index contributed by atoms with van der Waals surface area (Å²) in [7, 11) is 4.10. The van der Waals surface area contributed by atoms with E-state index in [0.717, 1.165) is 50.4 Å². The number of esters is 3. The number of carbonyl (C=O) groups excluding carboxylic acids is 3. The number of methoxy groups -OCH3 is 3. The fourth-order valence-electron chi connectivity index (χ4n) is 5.38. The summed E-state index contributed by atoms with van der Waals surface area (Å²) in [5.41, 5.74) is 10.6. The van der Waals surface area contributed by atoms with E-state index in [1.807, 2.05) is 36.4 Å². The fourth-order valence-corrected chi connectivity index (χ4v) is 5.38. The second kappa shape index (κ2) is 14.9. The molecule has 0 heterocycles. The fraction of sp³-hybridized carbons (Fsp3) is 0.250. The average molecular weight is 610 g/mol. The van der Waals surface area contributed by atoms with Crippen LogP contribution in [0.3, 0.4) is 0 Å². The topological polar surface area (TPSA) is 115 Å². The molecule has 0 aromatic heterocycles. The molecule has 0 spiro atoms. The van der Waals surface area contributed by atoms with Gasteiger partial charge in [0.25, 0.3) is 0 Å². The second-order valence-corrected chi connectivity index (χ2v) is 10.6. The van der Waals surface area contributed by atoms with Crippen molar-refractivity contribution in [2.24, 2.45) is 0 Å². The Labute approximate surface area is 263 Å². The van der Waals surface area contributed by atoms with Gasteiger partial charge in [-0.15, -0.1) is 0 Å². The lowest BCUT2D eigenvalue weighted by atomic mass is 9.87. The molecule has 45 heavy (non-hydrogen) atoms. The first-order valence-electron chi connectivity index (χ1n) is 14.5. The lowest BCUT2D eigenvalue weighted by molar-refractivity contribution is 0.0592. The van der Waals surface area contributed by atoms with Crippen molar-refractivity contribution in [3.8, 4) is 0 Å². The summed E-state index contributed by atoms with van der Waals surface area (Å²) in [6, 6.07) is 21.7. The summed E-state index contributed by atoms with van der Waals surface area (Å²) in [6.07, 6.45) is 0. The first kappa shape index (κ1) is 32.6. The van der Waals surface area contributed by atoms with Gasteiger partial charge in [0.05, 0.1) is 38.0 Å². The highest BCUT2D eigenvalue weighted by molar-refractivity contribution is 5.91. The Hall–Kier alpha value is -5.31. The van der Waals surface area contributed by atoms with Gasteiger partial charge in [0.2, 0.25) is 0 Å². The van der Waals surface area contributed by atoms with E-state index < -0.39 is 17.9 Å².